The molecule has 2 nitrogen and oxygen atoms in total. The van der Waals surface area contributed by atoms with Crippen molar-refractivity contribution in [3.63, 3.8) is 0 Å². The molecule has 0 aliphatic carbocycles. The van der Waals surface area contributed by atoms with Crippen LogP contribution < -0.4 is 0 Å². The number of methoxy groups -OCH3 is 1. The molecule has 0 aromatic carbocycles. The quantitative estimate of drug-likeness (QED) is 0.259. The van der Waals surface area contributed by atoms with Crippen LogP contribution in [-0.4, -0.2) is 18.3 Å². The Kier molecular flexibility index (Phi) is 15.1. The maximum atomic E-state index is 10.9. The zero-order valence-electron chi connectivity index (χ0n) is 13.5. The number of carbonyl (C=O) groups excluding carboxylic acids is 1. The first-order valence-corrected chi connectivity index (χ1v) is 8.93. The van der Waals surface area contributed by atoms with Crippen molar-refractivity contribution in [2.75, 3.05) is 7.11 Å². The summed E-state index contributed by atoms with van der Waals surface area (Å²) in [5.41, 5.74) is 0. The molecule has 0 saturated carbocycles. The lowest BCUT2D eigenvalue weighted by Gasteiger charge is -2.04. The largest absolute Gasteiger partial charge is 0.469 e. The van der Waals surface area contributed by atoms with Crippen LogP contribution in [0.3, 0.4) is 0 Å². The van der Waals surface area contributed by atoms with Gasteiger partial charge in [0.2, 0.25) is 0 Å². The fraction of sp³-hybridized carbons (Fsp3) is 0.941. The summed E-state index contributed by atoms with van der Waals surface area (Å²) < 4.78 is 4.62. The Morgan fingerprint density at radius 2 is 1.25 bits per heavy atom. The zero-order valence-corrected chi connectivity index (χ0v) is 14.4. The number of rotatable bonds is 14. The molecule has 0 saturated heterocycles. The molecule has 0 aromatic rings. The molecule has 0 heterocycles. The minimum absolute atomic E-state index is 0.0719. The predicted molar refractivity (Wildman–Crippen MR) is 90.5 cm³/mol. The fourth-order valence-electron chi connectivity index (χ4n) is 2.40. The molecule has 0 aliphatic heterocycles. The molecular formula is C17H34O2S. The van der Waals surface area contributed by atoms with Crippen molar-refractivity contribution in [3.05, 3.63) is 0 Å². The van der Waals surface area contributed by atoms with E-state index >= 15 is 0 Å². The fourth-order valence-corrected chi connectivity index (χ4v) is 2.58. The van der Waals surface area contributed by atoms with Crippen LogP contribution in [0.4, 0.5) is 0 Å². The Balaban J connectivity index is 3.01. The summed E-state index contributed by atoms with van der Waals surface area (Å²) in [6.07, 6.45) is 16.2. The smallest absolute Gasteiger partial charge is 0.305 e. The predicted octanol–water partition coefficient (Wildman–Crippen LogP) is 5.55. The van der Waals surface area contributed by atoms with Crippen molar-refractivity contribution in [3.8, 4) is 0 Å². The molecule has 0 aliphatic rings. The van der Waals surface area contributed by atoms with Crippen LogP contribution in [0.25, 0.3) is 0 Å². The lowest BCUT2D eigenvalue weighted by atomic mass is 10.0. The van der Waals surface area contributed by atoms with Gasteiger partial charge in [-0.2, -0.15) is 12.6 Å². The van der Waals surface area contributed by atoms with E-state index in [1.807, 2.05) is 0 Å². The minimum atomic E-state index is -0.0719. The Morgan fingerprint density at radius 1 is 0.850 bits per heavy atom. The van der Waals surface area contributed by atoms with Crippen molar-refractivity contribution < 1.29 is 9.53 Å². The molecule has 0 aromatic heterocycles. The second kappa shape index (κ2) is 15.2. The zero-order chi connectivity index (χ0) is 15.1. The number of ether oxygens (including phenoxy) is 1. The first-order valence-electron chi connectivity index (χ1n) is 8.41. The van der Waals surface area contributed by atoms with Gasteiger partial charge in [0, 0.05) is 6.42 Å². The number of thiol groups is 1. The molecule has 120 valence electrons. The summed E-state index contributed by atoms with van der Waals surface area (Å²) in [6.45, 7) is 2.17. The van der Waals surface area contributed by atoms with E-state index in [1.165, 1.54) is 71.3 Å². The highest BCUT2D eigenvalue weighted by Gasteiger charge is 1.99. The van der Waals surface area contributed by atoms with Crippen LogP contribution in [0.2, 0.25) is 0 Å². The third kappa shape index (κ3) is 15.9. The highest BCUT2D eigenvalue weighted by Crippen LogP contribution is 2.13. The number of hydrogen-bond acceptors (Lipinski definition) is 3. The van der Waals surface area contributed by atoms with Crippen molar-refractivity contribution in [2.24, 2.45) is 0 Å². The van der Waals surface area contributed by atoms with Gasteiger partial charge in [0.25, 0.3) is 0 Å². The van der Waals surface area contributed by atoms with Crippen LogP contribution >= 0.6 is 12.6 Å². The van der Waals surface area contributed by atoms with Gasteiger partial charge < -0.3 is 4.74 Å². The molecule has 1 unspecified atom stereocenters. The Hall–Kier alpha value is -0.180. The van der Waals surface area contributed by atoms with Crippen LogP contribution in [0.1, 0.15) is 90.4 Å². The topological polar surface area (TPSA) is 26.3 Å². The van der Waals surface area contributed by atoms with Gasteiger partial charge in [0.1, 0.15) is 0 Å². The first kappa shape index (κ1) is 19.8. The molecular weight excluding hydrogens is 268 g/mol. The molecule has 3 heteroatoms. The van der Waals surface area contributed by atoms with Crippen LogP contribution in [0, 0.1) is 0 Å². The Bertz CT molecular complexity index is 217. The molecule has 0 bridgehead atoms. The lowest BCUT2D eigenvalue weighted by Crippen LogP contribution is -1.99. The summed E-state index contributed by atoms with van der Waals surface area (Å²) in [4.78, 5) is 10.9. The summed E-state index contributed by atoms with van der Waals surface area (Å²) >= 11 is 4.40. The monoisotopic (exact) mass is 302 g/mol. The molecule has 0 N–H and O–H groups in total. The molecule has 0 radical (unpaired) electrons. The van der Waals surface area contributed by atoms with Gasteiger partial charge in [-0.15, -0.1) is 0 Å². The third-order valence-corrected chi connectivity index (χ3v) is 3.99. The van der Waals surface area contributed by atoms with E-state index in [1.54, 1.807) is 0 Å². The van der Waals surface area contributed by atoms with Gasteiger partial charge in [-0.25, -0.2) is 0 Å². The van der Waals surface area contributed by atoms with Crippen molar-refractivity contribution >= 4 is 18.6 Å². The van der Waals surface area contributed by atoms with E-state index < -0.39 is 0 Å². The van der Waals surface area contributed by atoms with Crippen LogP contribution in [-0.2, 0) is 9.53 Å². The van der Waals surface area contributed by atoms with Gasteiger partial charge in [-0.05, 0) is 18.1 Å². The van der Waals surface area contributed by atoms with Gasteiger partial charge in [-0.3, -0.25) is 4.79 Å². The van der Waals surface area contributed by atoms with E-state index in [9.17, 15) is 4.79 Å². The highest BCUT2D eigenvalue weighted by molar-refractivity contribution is 7.80. The molecule has 0 spiro atoms. The number of unbranched alkanes of at least 4 members (excludes halogenated alkanes) is 10. The molecule has 0 fully saturated rings. The van der Waals surface area contributed by atoms with Gasteiger partial charge in [-0.1, -0.05) is 71.1 Å². The number of esters is 1. The maximum Gasteiger partial charge on any atom is 0.305 e. The van der Waals surface area contributed by atoms with E-state index in [4.69, 9.17) is 0 Å². The Labute approximate surface area is 131 Å². The van der Waals surface area contributed by atoms with E-state index in [-0.39, 0.29) is 5.97 Å². The molecule has 1 atom stereocenters. The normalized spacial score (nSPS) is 12.3. The van der Waals surface area contributed by atoms with Crippen molar-refractivity contribution in [2.45, 2.75) is 95.6 Å². The minimum Gasteiger partial charge on any atom is -0.469 e. The van der Waals surface area contributed by atoms with Crippen molar-refractivity contribution in [1.29, 1.82) is 0 Å². The second-order valence-electron chi connectivity index (χ2n) is 5.85. The maximum absolute atomic E-state index is 10.9. The summed E-state index contributed by atoms with van der Waals surface area (Å²) in [5.74, 6) is -0.0719. The molecule has 20 heavy (non-hydrogen) atoms. The third-order valence-electron chi connectivity index (χ3n) is 3.73. The van der Waals surface area contributed by atoms with E-state index in [0.717, 1.165) is 12.8 Å². The average molecular weight is 303 g/mol. The average Bonchev–Trinajstić information content (AvgIpc) is 2.43. The van der Waals surface area contributed by atoms with Gasteiger partial charge >= 0.3 is 5.97 Å². The van der Waals surface area contributed by atoms with E-state index in [2.05, 4.69) is 24.3 Å². The first-order chi connectivity index (χ1) is 9.66. The van der Waals surface area contributed by atoms with Crippen LogP contribution in [0.5, 0.6) is 0 Å². The summed E-state index contributed by atoms with van der Waals surface area (Å²) in [6, 6.07) is 0. The molecule has 0 rings (SSSR count). The van der Waals surface area contributed by atoms with Gasteiger partial charge in [0.05, 0.1) is 7.11 Å². The Morgan fingerprint density at radius 3 is 1.65 bits per heavy atom. The molecule has 0 amide bonds. The van der Waals surface area contributed by atoms with Crippen LogP contribution in [0.15, 0.2) is 0 Å². The standard InChI is InChI=1S/C17H34O2S/c1-16(20)14-12-10-8-6-4-3-5-7-9-11-13-15-17(18)19-2/h16,20H,3-15H2,1-2H3. The van der Waals surface area contributed by atoms with Crippen molar-refractivity contribution in [1.82, 2.24) is 0 Å². The second-order valence-corrected chi connectivity index (χ2v) is 6.73. The van der Waals surface area contributed by atoms with Gasteiger partial charge in [0.15, 0.2) is 0 Å². The number of carbonyl (C=O) groups is 1. The number of hydrogen-bond donors (Lipinski definition) is 1. The van der Waals surface area contributed by atoms with E-state index in [0.29, 0.717) is 11.7 Å². The summed E-state index contributed by atoms with van der Waals surface area (Å²) in [5, 5.41) is 0.564. The summed E-state index contributed by atoms with van der Waals surface area (Å²) in [7, 11) is 1.46. The SMILES string of the molecule is COC(=O)CCCCCCCCCCCCCC(C)S. The lowest BCUT2D eigenvalue weighted by molar-refractivity contribution is -0.140. The highest BCUT2D eigenvalue weighted by atomic mass is 32.1.